The molecule has 0 amide bonds. The molecule has 12 heteroatoms. The van der Waals surface area contributed by atoms with E-state index >= 15 is 0 Å². The van der Waals surface area contributed by atoms with Gasteiger partial charge < -0.3 is 29.5 Å². The average molecular weight is 536 g/mol. The van der Waals surface area contributed by atoms with Crippen LogP contribution in [0.2, 0.25) is 0 Å². The number of nitrogens with one attached hydrogen (secondary N) is 1. The fraction of sp³-hybridized carbons (Fsp3) is 0.208. The molecule has 3 aromatic carbocycles. The van der Waals surface area contributed by atoms with Gasteiger partial charge in [-0.1, -0.05) is 6.07 Å². The van der Waals surface area contributed by atoms with Gasteiger partial charge in [-0.3, -0.25) is 4.72 Å². The van der Waals surface area contributed by atoms with E-state index in [0.717, 1.165) is 17.0 Å². The molecule has 1 unspecified atom stereocenters. The summed E-state index contributed by atoms with van der Waals surface area (Å²) in [6.07, 6.45) is 0.592. The Morgan fingerprint density at radius 1 is 1.08 bits per heavy atom. The van der Waals surface area contributed by atoms with Crippen molar-refractivity contribution in [2.75, 3.05) is 31.3 Å². The normalized spacial score (nSPS) is 12.0. The molecule has 36 heavy (non-hydrogen) atoms. The maximum absolute atomic E-state index is 13.2. The molecule has 3 rings (SSSR count). The number of carbonyl (C=O) groups is 1. The fourth-order valence-electron chi connectivity index (χ4n) is 2.99. The Morgan fingerprint density at radius 3 is 2.39 bits per heavy atom. The first-order chi connectivity index (χ1) is 17.2. The summed E-state index contributed by atoms with van der Waals surface area (Å²) < 4.78 is 45.3. The lowest BCUT2D eigenvalue weighted by Gasteiger charge is -2.19. The van der Waals surface area contributed by atoms with Crippen molar-refractivity contribution in [3.8, 4) is 23.0 Å². The lowest BCUT2D eigenvalue weighted by Crippen LogP contribution is -2.22. The smallest absolute Gasteiger partial charge is 0.335 e. The third-order valence-corrected chi connectivity index (χ3v) is 6.94. The van der Waals surface area contributed by atoms with Crippen LogP contribution in [0.1, 0.15) is 10.4 Å². The van der Waals surface area contributed by atoms with Crippen molar-refractivity contribution in [2.24, 2.45) is 0 Å². The van der Waals surface area contributed by atoms with E-state index in [1.807, 2.05) is 6.26 Å². The highest BCUT2D eigenvalue weighted by Gasteiger charge is 2.23. The van der Waals surface area contributed by atoms with Crippen LogP contribution in [0.25, 0.3) is 0 Å². The van der Waals surface area contributed by atoms with Gasteiger partial charge in [0.25, 0.3) is 10.0 Å². The molecule has 192 valence electrons. The van der Waals surface area contributed by atoms with Crippen LogP contribution < -0.4 is 18.9 Å². The number of hydrogen-bond acceptors (Lipinski definition) is 9. The van der Waals surface area contributed by atoms with Gasteiger partial charge in [-0.2, -0.15) is 0 Å². The standard InChI is InChI=1S/C24H25NO9S2/c1-32-17-4-3-5-18(12-17)34-23-21(25-36(30,31)20-8-6-19(35-2)7-9-20)10-15(24(28)29)11-22(23)33-14-16(27)13-26/h3-12,16,25-27H,13-14H2,1-2H3,(H,28,29). The molecule has 0 bridgehead atoms. The second kappa shape index (κ2) is 12.0. The SMILES string of the molecule is COc1cccc(Oc2c(NS(=O)(=O)c3ccc(SC)cc3)cc(C(=O)O)cc2OCC(O)CO)c1. The summed E-state index contributed by atoms with van der Waals surface area (Å²) >= 11 is 1.45. The average Bonchev–Trinajstić information content (AvgIpc) is 2.88. The van der Waals surface area contributed by atoms with Crippen molar-refractivity contribution in [2.45, 2.75) is 15.9 Å². The third-order valence-electron chi connectivity index (χ3n) is 4.82. The molecule has 0 fully saturated rings. The number of thioether (sulfide) groups is 1. The number of sulfonamides is 1. The maximum atomic E-state index is 13.2. The van der Waals surface area contributed by atoms with E-state index in [1.165, 1.54) is 37.1 Å². The topological polar surface area (TPSA) is 152 Å². The maximum Gasteiger partial charge on any atom is 0.335 e. The fourth-order valence-corrected chi connectivity index (χ4v) is 4.46. The van der Waals surface area contributed by atoms with Gasteiger partial charge in [0.05, 0.1) is 29.9 Å². The lowest BCUT2D eigenvalue weighted by molar-refractivity contribution is 0.0528. The van der Waals surface area contributed by atoms with Gasteiger partial charge in [-0.15, -0.1) is 11.8 Å². The molecule has 0 saturated heterocycles. The molecule has 4 N–H and O–H groups in total. The quantitative estimate of drug-likeness (QED) is 0.254. The summed E-state index contributed by atoms with van der Waals surface area (Å²) in [5.41, 5.74) is -0.503. The van der Waals surface area contributed by atoms with Crippen LogP contribution in [0.15, 0.2) is 70.5 Å². The number of benzene rings is 3. The number of rotatable bonds is 12. The molecule has 0 saturated carbocycles. The third kappa shape index (κ3) is 6.82. The van der Waals surface area contributed by atoms with Crippen molar-refractivity contribution < 1.29 is 42.7 Å². The van der Waals surface area contributed by atoms with Crippen LogP contribution in [0, 0.1) is 0 Å². The molecule has 0 aromatic heterocycles. The molecular weight excluding hydrogens is 510 g/mol. The molecule has 10 nitrogen and oxygen atoms in total. The zero-order chi connectivity index (χ0) is 26.3. The van der Waals surface area contributed by atoms with Crippen molar-refractivity contribution >= 4 is 33.4 Å². The molecule has 0 spiro atoms. The summed E-state index contributed by atoms with van der Waals surface area (Å²) in [4.78, 5) is 12.6. The van der Waals surface area contributed by atoms with Gasteiger partial charge >= 0.3 is 5.97 Å². The summed E-state index contributed by atoms with van der Waals surface area (Å²) in [5.74, 6) is -0.956. The minimum atomic E-state index is -4.16. The number of carboxylic acid groups (broad SMARTS) is 1. The van der Waals surface area contributed by atoms with Gasteiger partial charge in [0.1, 0.15) is 24.2 Å². The molecule has 0 radical (unpaired) electrons. The first-order valence-corrected chi connectivity index (χ1v) is 13.2. The second-order valence-corrected chi connectivity index (χ2v) is 9.93. The first kappa shape index (κ1) is 27.1. The molecule has 0 heterocycles. The van der Waals surface area contributed by atoms with Crippen LogP contribution in [0.3, 0.4) is 0 Å². The highest BCUT2D eigenvalue weighted by Crippen LogP contribution is 2.42. The zero-order valence-corrected chi connectivity index (χ0v) is 21.0. The Balaban J connectivity index is 2.12. The predicted molar refractivity (Wildman–Crippen MR) is 134 cm³/mol. The summed E-state index contributed by atoms with van der Waals surface area (Å²) in [5, 5.41) is 28.5. The van der Waals surface area contributed by atoms with E-state index in [2.05, 4.69) is 4.72 Å². The number of ether oxygens (including phenoxy) is 3. The number of methoxy groups -OCH3 is 1. The number of aliphatic hydroxyl groups excluding tert-OH is 2. The van der Waals surface area contributed by atoms with Gasteiger partial charge in [-0.25, -0.2) is 13.2 Å². The number of aliphatic hydroxyl groups is 2. The van der Waals surface area contributed by atoms with E-state index in [-0.39, 0.29) is 33.4 Å². The summed E-state index contributed by atoms with van der Waals surface area (Å²) in [6, 6.07) is 14.8. The molecule has 0 aliphatic carbocycles. The Hall–Kier alpha value is -3.45. The lowest BCUT2D eigenvalue weighted by atomic mass is 10.1. The van der Waals surface area contributed by atoms with E-state index in [9.17, 15) is 23.4 Å². The van der Waals surface area contributed by atoms with Crippen LogP contribution >= 0.6 is 11.8 Å². The molecule has 3 aromatic rings. The molecule has 0 aliphatic rings. The van der Waals surface area contributed by atoms with Crippen molar-refractivity contribution in [1.29, 1.82) is 0 Å². The number of aromatic carboxylic acids is 1. The Kier molecular flexibility index (Phi) is 9.04. The molecule has 1 atom stereocenters. The van der Waals surface area contributed by atoms with Gasteiger partial charge in [-0.05, 0) is 54.8 Å². The largest absolute Gasteiger partial charge is 0.497 e. The molecule has 0 aliphatic heterocycles. The van der Waals surface area contributed by atoms with E-state index < -0.39 is 35.3 Å². The summed E-state index contributed by atoms with van der Waals surface area (Å²) in [6.45, 7) is -1.01. The van der Waals surface area contributed by atoms with Crippen LogP contribution in [-0.2, 0) is 10.0 Å². The number of anilines is 1. The van der Waals surface area contributed by atoms with Crippen LogP contribution in [0.5, 0.6) is 23.0 Å². The van der Waals surface area contributed by atoms with Gasteiger partial charge in [0.2, 0.25) is 0 Å². The first-order valence-electron chi connectivity index (χ1n) is 10.5. The van der Waals surface area contributed by atoms with E-state index in [4.69, 9.17) is 19.3 Å². The Morgan fingerprint density at radius 2 is 1.78 bits per heavy atom. The minimum Gasteiger partial charge on any atom is -0.497 e. The van der Waals surface area contributed by atoms with E-state index in [0.29, 0.717) is 5.75 Å². The van der Waals surface area contributed by atoms with E-state index in [1.54, 1.807) is 30.3 Å². The van der Waals surface area contributed by atoms with Crippen molar-refractivity contribution in [3.63, 3.8) is 0 Å². The predicted octanol–water partition coefficient (Wildman–Crippen LogP) is 3.44. The van der Waals surface area contributed by atoms with Crippen LogP contribution in [-0.4, -0.2) is 62.4 Å². The number of carboxylic acids is 1. The molecular formula is C24H25NO9S2. The van der Waals surface area contributed by atoms with Crippen LogP contribution in [0.4, 0.5) is 5.69 Å². The Labute approximate surface area is 212 Å². The van der Waals surface area contributed by atoms with Gasteiger partial charge in [0.15, 0.2) is 11.5 Å². The summed E-state index contributed by atoms with van der Waals surface area (Å²) in [7, 11) is -2.70. The number of hydrogen-bond donors (Lipinski definition) is 4. The second-order valence-electron chi connectivity index (χ2n) is 7.37. The highest BCUT2D eigenvalue weighted by atomic mass is 32.2. The van der Waals surface area contributed by atoms with Crippen molar-refractivity contribution in [3.05, 3.63) is 66.2 Å². The van der Waals surface area contributed by atoms with Gasteiger partial charge in [0, 0.05) is 11.0 Å². The zero-order valence-electron chi connectivity index (χ0n) is 19.4. The monoisotopic (exact) mass is 535 g/mol. The van der Waals surface area contributed by atoms with Crippen molar-refractivity contribution in [1.82, 2.24) is 0 Å². The minimum absolute atomic E-state index is 0.0495. The Bertz CT molecular complexity index is 1310. The highest BCUT2D eigenvalue weighted by molar-refractivity contribution is 7.98.